The summed E-state index contributed by atoms with van der Waals surface area (Å²) in [4.78, 5) is 57.0. The van der Waals surface area contributed by atoms with Crippen molar-refractivity contribution < 1.29 is 14.4 Å². The summed E-state index contributed by atoms with van der Waals surface area (Å²) in [5, 5.41) is 4.71. The van der Waals surface area contributed by atoms with Crippen molar-refractivity contribution in [2.24, 2.45) is 5.92 Å². The molecule has 1 aromatic heterocycles. The van der Waals surface area contributed by atoms with Gasteiger partial charge in [-0.2, -0.15) is 0 Å². The van der Waals surface area contributed by atoms with Gasteiger partial charge in [-0.25, -0.2) is 4.90 Å². The zero-order chi connectivity index (χ0) is 32.3. The SMILES string of the molecule is Cc1ccc(N2C(=O)C3Sc4c(sc(=O)n4CC(=O)Nc4cccc5ccccc45)C(c4ccc(C(C)(C)C)cc4)C3C2=O)cc1. The first-order chi connectivity index (χ1) is 22.0. The summed E-state index contributed by atoms with van der Waals surface area (Å²) in [6.07, 6.45) is 0. The highest BCUT2D eigenvalue weighted by Gasteiger charge is 2.56. The van der Waals surface area contributed by atoms with E-state index in [-0.39, 0.29) is 34.6 Å². The van der Waals surface area contributed by atoms with Gasteiger partial charge < -0.3 is 5.32 Å². The van der Waals surface area contributed by atoms with E-state index >= 15 is 0 Å². The lowest BCUT2D eigenvalue weighted by Crippen LogP contribution is -2.33. The smallest absolute Gasteiger partial charge is 0.308 e. The van der Waals surface area contributed by atoms with Crippen LogP contribution in [0.25, 0.3) is 10.8 Å². The van der Waals surface area contributed by atoms with Gasteiger partial charge in [0, 0.05) is 21.9 Å². The average Bonchev–Trinajstić information content (AvgIpc) is 3.47. The number of thioether (sulfide) groups is 1. The lowest BCUT2D eigenvalue weighted by Gasteiger charge is -2.31. The third-order valence-electron chi connectivity index (χ3n) is 8.84. The molecule has 3 amide bonds. The van der Waals surface area contributed by atoms with E-state index in [2.05, 4.69) is 38.2 Å². The zero-order valence-electron chi connectivity index (χ0n) is 25.9. The van der Waals surface area contributed by atoms with Gasteiger partial charge in [-0.3, -0.25) is 23.7 Å². The first-order valence-corrected chi connectivity index (χ1v) is 16.9. The lowest BCUT2D eigenvalue weighted by atomic mass is 9.81. The minimum atomic E-state index is -0.741. The van der Waals surface area contributed by atoms with Crippen molar-refractivity contribution in [3.8, 4) is 0 Å². The third-order valence-corrected chi connectivity index (χ3v) is 11.4. The molecule has 1 fully saturated rings. The molecule has 4 aromatic carbocycles. The number of imide groups is 1. The predicted molar refractivity (Wildman–Crippen MR) is 185 cm³/mol. The number of carbonyl (C=O) groups excluding carboxylic acids is 3. The molecule has 1 saturated heterocycles. The van der Waals surface area contributed by atoms with Crippen LogP contribution in [0.15, 0.2) is 101 Å². The summed E-state index contributed by atoms with van der Waals surface area (Å²) in [6, 6.07) is 29.0. The number of benzene rings is 4. The van der Waals surface area contributed by atoms with Gasteiger partial charge in [-0.15, -0.1) is 0 Å². The Bertz CT molecular complexity index is 2070. The van der Waals surface area contributed by atoms with Crippen LogP contribution in [0.2, 0.25) is 0 Å². The number of rotatable bonds is 5. The fourth-order valence-corrected chi connectivity index (χ4v) is 9.19. The van der Waals surface area contributed by atoms with Crippen molar-refractivity contribution in [2.45, 2.75) is 55.8 Å². The van der Waals surface area contributed by atoms with Crippen molar-refractivity contribution in [3.05, 3.63) is 122 Å². The number of thiazole rings is 1. The van der Waals surface area contributed by atoms with Gasteiger partial charge in [0.25, 0.3) is 0 Å². The number of hydrogen-bond donors (Lipinski definition) is 1. The van der Waals surface area contributed by atoms with Gasteiger partial charge in [0.05, 0.1) is 16.6 Å². The highest BCUT2D eigenvalue weighted by molar-refractivity contribution is 8.00. The topological polar surface area (TPSA) is 88.5 Å². The molecule has 0 spiro atoms. The number of carbonyl (C=O) groups is 3. The number of aromatic nitrogens is 1. The molecule has 0 radical (unpaired) electrons. The van der Waals surface area contributed by atoms with E-state index in [1.54, 1.807) is 12.1 Å². The Hall–Kier alpha value is -4.47. The van der Waals surface area contributed by atoms with Crippen LogP contribution in [0.5, 0.6) is 0 Å². The molecule has 0 saturated carbocycles. The van der Waals surface area contributed by atoms with Gasteiger partial charge in [-0.05, 0) is 47.1 Å². The molecule has 232 valence electrons. The molecule has 3 heterocycles. The monoisotopic (exact) mass is 647 g/mol. The fourth-order valence-electron chi connectivity index (χ4n) is 6.42. The van der Waals surface area contributed by atoms with E-state index in [4.69, 9.17) is 0 Å². The summed E-state index contributed by atoms with van der Waals surface area (Å²) >= 11 is 2.28. The van der Waals surface area contributed by atoms with E-state index < -0.39 is 17.1 Å². The van der Waals surface area contributed by atoms with Crippen LogP contribution >= 0.6 is 23.1 Å². The van der Waals surface area contributed by atoms with Crippen molar-refractivity contribution >= 4 is 63.0 Å². The van der Waals surface area contributed by atoms with Gasteiger partial charge >= 0.3 is 4.87 Å². The van der Waals surface area contributed by atoms with Crippen LogP contribution in [-0.2, 0) is 26.3 Å². The summed E-state index contributed by atoms with van der Waals surface area (Å²) in [7, 11) is 0. The fraction of sp³-hybridized carbons (Fsp3) is 0.243. The number of nitrogens with one attached hydrogen (secondary N) is 1. The third kappa shape index (κ3) is 5.17. The Kier molecular flexibility index (Phi) is 7.48. The molecule has 2 aliphatic heterocycles. The second-order valence-corrected chi connectivity index (χ2v) is 15.1. The van der Waals surface area contributed by atoms with Crippen molar-refractivity contribution in [1.29, 1.82) is 0 Å². The molecule has 9 heteroatoms. The van der Waals surface area contributed by atoms with Gasteiger partial charge in [0.2, 0.25) is 17.7 Å². The minimum Gasteiger partial charge on any atom is -0.324 e. The van der Waals surface area contributed by atoms with Crippen LogP contribution in [0.3, 0.4) is 0 Å². The Balaban J connectivity index is 1.29. The molecule has 7 rings (SSSR count). The normalized spacial score (nSPS) is 19.3. The largest absolute Gasteiger partial charge is 0.324 e. The summed E-state index contributed by atoms with van der Waals surface area (Å²) in [5.74, 6) is -2.13. The minimum absolute atomic E-state index is 0.0678. The van der Waals surface area contributed by atoms with E-state index in [1.165, 1.54) is 21.2 Å². The first-order valence-electron chi connectivity index (χ1n) is 15.2. The van der Waals surface area contributed by atoms with Crippen molar-refractivity contribution in [2.75, 3.05) is 10.2 Å². The van der Waals surface area contributed by atoms with Crippen LogP contribution in [0.1, 0.15) is 48.3 Å². The van der Waals surface area contributed by atoms with Crippen LogP contribution in [0.4, 0.5) is 11.4 Å². The Labute approximate surface area is 275 Å². The second kappa shape index (κ2) is 11.4. The first kappa shape index (κ1) is 30.2. The Morgan fingerprint density at radius 1 is 0.848 bits per heavy atom. The van der Waals surface area contributed by atoms with Crippen molar-refractivity contribution in [1.82, 2.24) is 4.57 Å². The molecule has 3 unspecified atom stereocenters. The highest BCUT2D eigenvalue weighted by atomic mass is 32.2. The van der Waals surface area contributed by atoms with E-state index in [0.29, 0.717) is 21.3 Å². The Morgan fingerprint density at radius 2 is 1.54 bits per heavy atom. The maximum atomic E-state index is 14.2. The van der Waals surface area contributed by atoms with Gasteiger partial charge in [0.15, 0.2) is 0 Å². The number of amides is 3. The van der Waals surface area contributed by atoms with Crippen LogP contribution < -0.4 is 15.1 Å². The van der Waals surface area contributed by atoms with E-state index in [9.17, 15) is 19.2 Å². The van der Waals surface area contributed by atoms with Gasteiger partial charge in [-0.1, -0.05) is 122 Å². The maximum absolute atomic E-state index is 14.2. The molecular formula is C37H33N3O4S2. The number of anilines is 2. The van der Waals surface area contributed by atoms with Crippen LogP contribution in [-0.4, -0.2) is 27.5 Å². The van der Waals surface area contributed by atoms with E-state index in [1.807, 2.05) is 73.7 Å². The molecule has 3 atom stereocenters. The number of hydrogen-bond acceptors (Lipinski definition) is 6. The molecule has 7 nitrogen and oxygen atoms in total. The molecule has 1 N–H and O–H groups in total. The second-order valence-electron chi connectivity index (χ2n) is 13.0. The van der Waals surface area contributed by atoms with Gasteiger partial charge in [0.1, 0.15) is 11.8 Å². The lowest BCUT2D eigenvalue weighted by molar-refractivity contribution is -0.122. The Morgan fingerprint density at radius 3 is 2.26 bits per heavy atom. The molecule has 46 heavy (non-hydrogen) atoms. The summed E-state index contributed by atoms with van der Waals surface area (Å²) in [6.45, 7) is 8.17. The molecule has 5 aromatic rings. The predicted octanol–water partition coefficient (Wildman–Crippen LogP) is 7.10. The molecule has 0 bridgehead atoms. The summed E-state index contributed by atoms with van der Waals surface area (Å²) in [5.41, 5.74) is 4.16. The number of aryl methyl sites for hydroxylation is 1. The summed E-state index contributed by atoms with van der Waals surface area (Å²) < 4.78 is 1.46. The maximum Gasteiger partial charge on any atom is 0.308 e. The van der Waals surface area contributed by atoms with E-state index in [0.717, 1.165) is 38.8 Å². The highest BCUT2D eigenvalue weighted by Crippen LogP contribution is 2.54. The molecular weight excluding hydrogens is 615 g/mol. The quantitative estimate of drug-likeness (QED) is 0.206. The average molecular weight is 648 g/mol. The van der Waals surface area contributed by atoms with Crippen molar-refractivity contribution in [3.63, 3.8) is 0 Å². The molecule has 0 aliphatic carbocycles. The van der Waals surface area contributed by atoms with Crippen LogP contribution in [0, 0.1) is 12.8 Å². The standard InChI is InChI=1S/C37H33N3O4S2/c1-21-12-18-25(19-13-21)40-33(42)30-29(23-14-16-24(17-15-23)37(2,3)4)32-35(45-31(30)34(40)43)39(36(44)46-32)20-28(41)38-27-11-7-9-22-8-5-6-10-26(22)27/h5-19,29-31H,20H2,1-4H3,(H,38,41). The molecule has 2 aliphatic rings. The number of fused-ring (bicyclic) bond motifs is 3. The zero-order valence-corrected chi connectivity index (χ0v) is 27.6. The number of nitrogens with zero attached hydrogens (tertiary/aromatic N) is 2.